The number of nitriles is 1. The maximum absolute atomic E-state index is 12.2. The van der Waals surface area contributed by atoms with Crippen molar-refractivity contribution in [2.24, 2.45) is 0 Å². The van der Waals surface area contributed by atoms with Crippen molar-refractivity contribution in [3.63, 3.8) is 0 Å². The second-order valence-electron chi connectivity index (χ2n) is 7.87. The molecule has 0 aliphatic carbocycles. The first-order valence-electron chi connectivity index (χ1n) is 10.7. The first kappa shape index (κ1) is 22.1. The zero-order chi connectivity index (χ0) is 22.7. The highest BCUT2D eigenvalue weighted by molar-refractivity contribution is 7.89. The normalized spacial score (nSPS) is 15.4. The average molecular weight is 451 g/mol. The van der Waals surface area contributed by atoms with E-state index >= 15 is 0 Å². The van der Waals surface area contributed by atoms with Crippen LogP contribution in [0, 0.1) is 11.3 Å². The largest absolute Gasteiger partial charge is 0.495 e. The predicted molar refractivity (Wildman–Crippen MR) is 126 cm³/mol. The van der Waals surface area contributed by atoms with Gasteiger partial charge in [0, 0.05) is 42.6 Å². The van der Waals surface area contributed by atoms with Crippen LogP contribution in [0.3, 0.4) is 0 Å². The van der Waals surface area contributed by atoms with E-state index < -0.39 is 10.0 Å². The van der Waals surface area contributed by atoms with Crippen LogP contribution in [-0.4, -0.2) is 49.7 Å². The van der Waals surface area contributed by atoms with Gasteiger partial charge in [0.05, 0.1) is 18.4 Å². The van der Waals surface area contributed by atoms with Crippen LogP contribution in [0.4, 0.5) is 5.69 Å². The number of pyridine rings is 1. The lowest BCUT2D eigenvalue weighted by atomic mass is 9.98. The molecule has 0 bridgehead atoms. The molecule has 0 atom stereocenters. The van der Waals surface area contributed by atoms with E-state index in [1.807, 2.05) is 30.5 Å². The fraction of sp³-hybridized carbons (Fsp3) is 0.333. The van der Waals surface area contributed by atoms with Gasteiger partial charge in [-0.1, -0.05) is 6.07 Å². The van der Waals surface area contributed by atoms with E-state index in [2.05, 4.69) is 28.5 Å². The molecule has 0 spiro atoms. The number of fused-ring (bicyclic) bond motifs is 1. The summed E-state index contributed by atoms with van der Waals surface area (Å²) in [4.78, 5) is 4.29. The van der Waals surface area contributed by atoms with E-state index in [0.29, 0.717) is 24.4 Å². The molecule has 7 nitrogen and oxygen atoms in total. The number of benzene rings is 2. The summed E-state index contributed by atoms with van der Waals surface area (Å²) >= 11 is 0. The molecular formula is C24H26N4O3S. The number of rotatable bonds is 6. The van der Waals surface area contributed by atoms with Crippen LogP contribution in [0.1, 0.15) is 25.3 Å². The number of aromatic nitrogens is 1. The van der Waals surface area contributed by atoms with Crippen molar-refractivity contribution in [1.29, 1.82) is 5.26 Å². The van der Waals surface area contributed by atoms with Gasteiger partial charge in [-0.2, -0.15) is 5.26 Å². The Bertz CT molecular complexity index is 1280. The maximum Gasteiger partial charge on any atom is 0.213 e. The zero-order valence-corrected chi connectivity index (χ0v) is 19.0. The summed E-state index contributed by atoms with van der Waals surface area (Å²) in [7, 11) is -1.59. The highest BCUT2D eigenvalue weighted by atomic mass is 32.2. The Hall–Kier alpha value is -3.15. The van der Waals surface area contributed by atoms with Crippen LogP contribution >= 0.6 is 0 Å². The lowest BCUT2D eigenvalue weighted by Crippen LogP contribution is -2.42. The summed E-state index contributed by atoms with van der Waals surface area (Å²) in [5.74, 6) is 0.684. The maximum atomic E-state index is 12.2. The molecule has 1 fully saturated rings. The van der Waals surface area contributed by atoms with Crippen LogP contribution in [0.15, 0.2) is 48.8 Å². The van der Waals surface area contributed by atoms with Gasteiger partial charge in [-0.3, -0.25) is 4.98 Å². The van der Waals surface area contributed by atoms with Gasteiger partial charge in [0.25, 0.3) is 0 Å². The fourth-order valence-electron chi connectivity index (χ4n) is 4.14. The highest BCUT2D eigenvalue weighted by Crippen LogP contribution is 2.34. The molecule has 0 amide bonds. The monoisotopic (exact) mass is 450 g/mol. The quantitative estimate of drug-likeness (QED) is 0.610. The molecule has 0 unspecified atom stereocenters. The van der Waals surface area contributed by atoms with Gasteiger partial charge >= 0.3 is 0 Å². The molecule has 3 aromatic rings. The second kappa shape index (κ2) is 9.15. The van der Waals surface area contributed by atoms with Gasteiger partial charge in [-0.25, -0.2) is 12.7 Å². The summed E-state index contributed by atoms with van der Waals surface area (Å²) in [5.41, 5.74) is 3.35. The van der Waals surface area contributed by atoms with Crippen molar-refractivity contribution in [3.05, 3.63) is 54.4 Å². The summed E-state index contributed by atoms with van der Waals surface area (Å²) in [5, 5.41) is 15.1. The van der Waals surface area contributed by atoms with Gasteiger partial charge in [-0.15, -0.1) is 0 Å². The number of methoxy groups -OCH3 is 1. The Labute approximate surface area is 188 Å². The number of nitrogens with one attached hydrogen (secondary N) is 1. The minimum Gasteiger partial charge on any atom is -0.495 e. The SMILES string of the molecule is CCS(=O)(=O)N1CCC(Nc2cc(-c3ccc(OC)c(C#N)c3)cc3ccncc23)CC1. The molecule has 32 heavy (non-hydrogen) atoms. The Kier molecular flexibility index (Phi) is 6.31. The van der Waals surface area contributed by atoms with Gasteiger partial charge < -0.3 is 10.1 Å². The van der Waals surface area contributed by atoms with Crippen molar-refractivity contribution in [2.75, 3.05) is 31.3 Å². The summed E-state index contributed by atoms with van der Waals surface area (Å²) < 4.78 is 31.2. The van der Waals surface area contributed by atoms with Crippen LogP contribution in [0.5, 0.6) is 5.75 Å². The van der Waals surface area contributed by atoms with Crippen LogP contribution in [-0.2, 0) is 10.0 Å². The molecule has 1 N–H and O–H groups in total. The van der Waals surface area contributed by atoms with E-state index in [1.54, 1.807) is 24.5 Å². The Morgan fingerprint density at radius 3 is 2.66 bits per heavy atom. The molecule has 1 aliphatic rings. The molecule has 0 radical (unpaired) electrons. The van der Waals surface area contributed by atoms with Crippen LogP contribution < -0.4 is 10.1 Å². The molecule has 2 aromatic carbocycles. The molecule has 4 rings (SSSR count). The summed E-state index contributed by atoms with van der Waals surface area (Å²) in [6, 6.07) is 14.1. The predicted octanol–water partition coefficient (Wildman–Crippen LogP) is 4.01. The molecule has 0 saturated carbocycles. The minimum absolute atomic E-state index is 0.135. The van der Waals surface area contributed by atoms with E-state index in [4.69, 9.17) is 4.74 Å². The molecule has 8 heteroatoms. The Balaban J connectivity index is 1.65. The van der Waals surface area contributed by atoms with Crippen LogP contribution in [0.25, 0.3) is 21.9 Å². The summed E-state index contributed by atoms with van der Waals surface area (Å²) in [6.45, 7) is 2.72. The number of ether oxygens (including phenoxy) is 1. The minimum atomic E-state index is -3.15. The number of nitrogens with zero attached hydrogens (tertiary/aromatic N) is 3. The van der Waals surface area contributed by atoms with Crippen molar-refractivity contribution in [3.8, 4) is 22.9 Å². The second-order valence-corrected chi connectivity index (χ2v) is 10.1. The van der Waals surface area contributed by atoms with Crippen LogP contribution in [0.2, 0.25) is 0 Å². The van der Waals surface area contributed by atoms with E-state index in [1.165, 1.54) is 0 Å². The standard InChI is InChI=1S/C24H26N4O3S/c1-3-32(29,30)28-10-7-21(8-11-28)27-23-14-19(13-18-6-9-26-16-22(18)23)17-4-5-24(31-2)20(12-17)15-25/h4-6,9,12-14,16,21,27H,3,7-8,10-11H2,1-2H3. The number of anilines is 1. The number of hydrogen-bond donors (Lipinski definition) is 1. The van der Waals surface area contributed by atoms with E-state index in [0.717, 1.165) is 40.4 Å². The number of sulfonamides is 1. The molecule has 1 saturated heterocycles. The van der Waals surface area contributed by atoms with E-state index in [9.17, 15) is 13.7 Å². The number of hydrogen-bond acceptors (Lipinski definition) is 6. The van der Waals surface area contributed by atoms with Crippen molar-refractivity contribution in [1.82, 2.24) is 9.29 Å². The zero-order valence-electron chi connectivity index (χ0n) is 18.2. The lowest BCUT2D eigenvalue weighted by molar-refractivity contribution is 0.330. The third-order valence-corrected chi connectivity index (χ3v) is 7.86. The molecule has 2 heterocycles. The fourth-order valence-corrected chi connectivity index (χ4v) is 5.27. The van der Waals surface area contributed by atoms with E-state index in [-0.39, 0.29) is 11.8 Å². The molecular weight excluding hydrogens is 424 g/mol. The molecule has 1 aliphatic heterocycles. The first-order valence-corrected chi connectivity index (χ1v) is 12.3. The van der Waals surface area contributed by atoms with Crippen molar-refractivity contribution in [2.45, 2.75) is 25.8 Å². The van der Waals surface area contributed by atoms with Gasteiger partial charge in [-0.05, 0) is 66.6 Å². The smallest absolute Gasteiger partial charge is 0.213 e. The van der Waals surface area contributed by atoms with Gasteiger partial charge in [0.15, 0.2) is 0 Å². The molecule has 1 aromatic heterocycles. The van der Waals surface area contributed by atoms with Gasteiger partial charge in [0.1, 0.15) is 11.8 Å². The topological polar surface area (TPSA) is 95.3 Å². The van der Waals surface area contributed by atoms with Crippen molar-refractivity contribution >= 4 is 26.5 Å². The van der Waals surface area contributed by atoms with Gasteiger partial charge in [0.2, 0.25) is 10.0 Å². The Morgan fingerprint density at radius 2 is 1.97 bits per heavy atom. The average Bonchev–Trinajstić information content (AvgIpc) is 2.83. The number of piperidine rings is 1. The summed E-state index contributed by atoms with van der Waals surface area (Å²) in [6.07, 6.45) is 5.09. The first-order chi connectivity index (χ1) is 15.4. The third-order valence-electron chi connectivity index (χ3n) is 5.98. The molecule has 166 valence electrons. The highest BCUT2D eigenvalue weighted by Gasteiger charge is 2.27. The Morgan fingerprint density at radius 1 is 1.19 bits per heavy atom. The third kappa shape index (κ3) is 4.40. The lowest BCUT2D eigenvalue weighted by Gasteiger charge is -2.32. The van der Waals surface area contributed by atoms with Crippen molar-refractivity contribution < 1.29 is 13.2 Å².